The molecule has 4 heteroatoms. The van der Waals surface area contributed by atoms with Gasteiger partial charge in [-0.25, -0.2) is 0 Å². The van der Waals surface area contributed by atoms with Crippen molar-refractivity contribution in [1.82, 2.24) is 5.32 Å². The SMILES string of the molecule is CCC/C=C\CCCCCCCC/C=C/[C@@H](O)[C@H](CO)NC(=O)CCCCCCCCCCCCCCCCCCCCCCCCC. The predicted molar refractivity (Wildman–Crippen MR) is 212 cm³/mol. The van der Waals surface area contributed by atoms with Gasteiger partial charge >= 0.3 is 0 Å². The van der Waals surface area contributed by atoms with Crippen LogP contribution in [0.4, 0.5) is 0 Å². The average Bonchev–Trinajstić information content (AvgIpc) is 3.09. The van der Waals surface area contributed by atoms with Crippen molar-refractivity contribution in [2.24, 2.45) is 0 Å². The minimum atomic E-state index is -0.839. The highest BCUT2D eigenvalue weighted by Crippen LogP contribution is 2.16. The van der Waals surface area contributed by atoms with E-state index in [0.29, 0.717) is 6.42 Å². The average molecular weight is 676 g/mol. The number of aliphatic hydroxyl groups is 2. The van der Waals surface area contributed by atoms with Crippen LogP contribution in [0.15, 0.2) is 24.3 Å². The van der Waals surface area contributed by atoms with Crippen LogP contribution in [0.25, 0.3) is 0 Å². The first-order valence-electron chi connectivity index (χ1n) is 21.6. The first kappa shape index (κ1) is 46.9. The molecule has 0 saturated carbocycles. The number of aliphatic hydroxyl groups excluding tert-OH is 2. The standard InChI is InChI=1S/C44H85NO3/c1-3-5-7-9-11-13-15-17-18-19-20-21-22-23-24-25-26-28-30-32-34-36-38-40-44(48)45-42(41-46)43(47)39-37-35-33-31-29-27-16-14-12-10-8-6-4-2/h8,10,37,39,42-43,46-47H,3-7,9,11-36,38,40-41H2,1-2H3,(H,45,48)/b10-8-,39-37+/t42-,43+/m0/s1. The molecular weight excluding hydrogens is 590 g/mol. The molecule has 4 nitrogen and oxygen atoms in total. The highest BCUT2D eigenvalue weighted by atomic mass is 16.3. The fraction of sp³-hybridized carbons (Fsp3) is 0.886. The molecule has 0 aromatic carbocycles. The molecule has 0 aliphatic carbocycles. The van der Waals surface area contributed by atoms with Crippen molar-refractivity contribution < 1.29 is 15.0 Å². The molecule has 3 N–H and O–H groups in total. The Kier molecular flexibility index (Phi) is 39.4. The molecular formula is C44H85NO3. The van der Waals surface area contributed by atoms with Gasteiger partial charge < -0.3 is 15.5 Å². The van der Waals surface area contributed by atoms with Crippen molar-refractivity contribution in [3.05, 3.63) is 24.3 Å². The molecule has 0 aromatic heterocycles. The van der Waals surface area contributed by atoms with Crippen LogP contribution in [0.1, 0.15) is 232 Å². The van der Waals surface area contributed by atoms with Crippen LogP contribution in [-0.2, 0) is 4.79 Å². The fourth-order valence-corrected chi connectivity index (χ4v) is 6.59. The normalized spacial score (nSPS) is 13.2. The lowest BCUT2D eigenvalue weighted by Crippen LogP contribution is -2.45. The van der Waals surface area contributed by atoms with E-state index in [4.69, 9.17) is 0 Å². The van der Waals surface area contributed by atoms with Gasteiger partial charge in [0.15, 0.2) is 0 Å². The van der Waals surface area contributed by atoms with Gasteiger partial charge in [0.25, 0.3) is 0 Å². The molecule has 0 radical (unpaired) electrons. The van der Waals surface area contributed by atoms with E-state index in [1.807, 2.05) is 6.08 Å². The van der Waals surface area contributed by atoms with Crippen LogP contribution in [0, 0.1) is 0 Å². The second-order valence-corrected chi connectivity index (χ2v) is 14.8. The molecule has 0 bridgehead atoms. The summed E-state index contributed by atoms with van der Waals surface area (Å²) < 4.78 is 0. The number of hydrogen-bond donors (Lipinski definition) is 3. The zero-order valence-corrected chi connectivity index (χ0v) is 32.5. The van der Waals surface area contributed by atoms with Gasteiger partial charge in [0.05, 0.1) is 18.8 Å². The van der Waals surface area contributed by atoms with Crippen LogP contribution in [-0.4, -0.2) is 34.9 Å². The van der Waals surface area contributed by atoms with Gasteiger partial charge in [-0.1, -0.05) is 212 Å². The van der Waals surface area contributed by atoms with Crippen LogP contribution in [0.2, 0.25) is 0 Å². The summed E-state index contributed by atoms with van der Waals surface area (Å²) in [5.74, 6) is -0.0640. The molecule has 0 spiro atoms. The van der Waals surface area contributed by atoms with Crippen molar-refractivity contribution >= 4 is 5.91 Å². The van der Waals surface area contributed by atoms with E-state index in [2.05, 4.69) is 31.3 Å². The predicted octanol–water partition coefficient (Wildman–Crippen LogP) is 13.2. The lowest BCUT2D eigenvalue weighted by Gasteiger charge is -2.20. The summed E-state index contributed by atoms with van der Waals surface area (Å²) >= 11 is 0. The second-order valence-electron chi connectivity index (χ2n) is 14.8. The highest BCUT2D eigenvalue weighted by Gasteiger charge is 2.17. The second kappa shape index (κ2) is 40.3. The molecule has 48 heavy (non-hydrogen) atoms. The summed E-state index contributed by atoms with van der Waals surface area (Å²) in [4.78, 5) is 12.4. The number of carbonyl (C=O) groups excluding carboxylic acids is 1. The smallest absolute Gasteiger partial charge is 0.220 e. The van der Waals surface area contributed by atoms with Crippen molar-refractivity contribution in [2.75, 3.05) is 6.61 Å². The van der Waals surface area contributed by atoms with Gasteiger partial charge in [-0.3, -0.25) is 4.79 Å². The third-order valence-electron chi connectivity index (χ3n) is 9.91. The third-order valence-corrected chi connectivity index (χ3v) is 9.91. The van der Waals surface area contributed by atoms with Gasteiger partial charge in [-0.05, 0) is 38.5 Å². The topological polar surface area (TPSA) is 69.6 Å². The molecule has 0 aliphatic heterocycles. The molecule has 0 unspecified atom stereocenters. The first-order valence-corrected chi connectivity index (χ1v) is 21.6. The number of rotatable bonds is 39. The molecule has 0 aliphatic rings. The number of unbranched alkanes of at least 4 members (excludes halogenated alkanes) is 30. The van der Waals surface area contributed by atoms with Crippen LogP contribution < -0.4 is 5.32 Å². The molecule has 1 amide bonds. The van der Waals surface area contributed by atoms with Gasteiger partial charge in [0.1, 0.15) is 0 Å². The summed E-state index contributed by atoms with van der Waals surface area (Å²) in [6.45, 7) is 4.26. The van der Waals surface area contributed by atoms with Crippen molar-refractivity contribution in [3.8, 4) is 0 Å². The largest absolute Gasteiger partial charge is 0.394 e. The minimum Gasteiger partial charge on any atom is -0.394 e. The Balaban J connectivity index is 3.50. The van der Waals surface area contributed by atoms with E-state index in [0.717, 1.165) is 25.7 Å². The molecule has 0 heterocycles. The summed E-state index contributed by atoms with van der Waals surface area (Å²) in [6.07, 6.45) is 51.4. The zero-order chi connectivity index (χ0) is 35.0. The Labute approximate surface area is 300 Å². The van der Waals surface area contributed by atoms with E-state index < -0.39 is 12.1 Å². The van der Waals surface area contributed by atoms with E-state index in [1.165, 1.54) is 186 Å². The molecule has 0 fully saturated rings. The molecule has 284 valence electrons. The summed E-state index contributed by atoms with van der Waals surface area (Å²) in [6, 6.07) is -0.621. The molecule has 2 atom stereocenters. The summed E-state index contributed by atoms with van der Waals surface area (Å²) in [5.41, 5.74) is 0. The quantitative estimate of drug-likeness (QED) is 0.0448. The third kappa shape index (κ3) is 36.2. The lowest BCUT2D eigenvalue weighted by atomic mass is 10.0. The minimum absolute atomic E-state index is 0.0640. The van der Waals surface area contributed by atoms with Crippen LogP contribution >= 0.6 is 0 Å². The van der Waals surface area contributed by atoms with Crippen molar-refractivity contribution in [1.29, 1.82) is 0 Å². The van der Waals surface area contributed by atoms with E-state index in [-0.39, 0.29) is 12.5 Å². The Morgan fingerprint density at radius 2 is 0.833 bits per heavy atom. The van der Waals surface area contributed by atoms with E-state index in [1.54, 1.807) is 6.08 Å². The Bertz CT molecular complexity index is 691. The molecule has 0 rings (SSSR count). The Morgan fingerprint density at radius 1 is 0.479 bits per heavy atom. The monoisotopic (exact) mass is 676 g/mol. The van der Waals surface area contributed by atoms with Gasteiger partial charge in [0, 0.05) is 6.42 Å². The van der Waals surface area contributed by atoms with E-state index >= 15 is 0 Å². The van der Waals surface area contributed by atoms with Gasteiger partial charge in [-0.15, -0.1) is 0 Å². The van der Waals surface area contributed by atoms with Crippen LogP contribution in [0.3, 0.4) is 0 Å². The maximum Gasteiger partial charge on any atom is 0.220 e. The van der Waals surface area contributed by atoms with Gasteiger partial charge in [-0.2, -0.15) is 0 Å². The Hall–Kier alpha value is -1.13. The lowest BCUT2D eigenvalue weighted by molar-refractivity contribution is -0.123. The zero-order valence-electron chi connectivity index (χ0n) is 32.5. The Morgan fingerprint density at radius 3 is 1.23 bits per heavy atom. The maximum absolute atomic E-state index is 12.4. The van der Waals surface area contributed by atoms with Crippen LogP contribution in [0.5, 0.6) is 0 Å². The fourth-order valence-electron chi connectivity index (χ4n) is 6.59. The van der Waals surface area contributed by atoms with Gasteiger partial charge in [0.2, 0.25) is 5.91 Å². The number of nitrogens with one attached hydrogen (secondary N) is 1. The molecule has 0 saturated heterocycles. The number of allylic oxidation sites excluding steroid dienone is 3. The van der Waals surface area contributed by atoms with Crippen molar-refractivity contribution in [2.45, 2.75) is 244 Å². The van der Waals surface area contributed by atoms with Crippen molar-refractivity contribution in [3.63, 3.8) is 0 Å². The maximum atomic E-state index is 12.4. The summed E-state index contributed by atoms with van der Waals surface area (Å²) in [7, 11) is 0. The van der Waals surface area contributed by atoms with E-state index in [9.17, 15) is 15.0 Å². The first-order chi connectivity index (χ1) is 23.7. The number of hydrogen-bond acceptors (Lipinski definition) is 3. The highest BCUT2D eigenvalue weighted by molar-refractivity contribution is 5.76. The number of amides is 1. The summed E-state index contributed by atoms with van der Waals surface area (Å²) in [5, 5.41) is 23.0. The number of carbonyl (C=O) groups is 1. The molecule has 0 aromatic rings.